The number of ether oxygens (including phenoxy) is 3. The molecular formula is C37H36N4O6. The van der Waals surface area contributed by atoms with Gasteiger partial charge in [-0.15, -0.1) is 0 Å². The monoisotopic (exact) mass is 632 g/mol. The molecule has 0 spiro atoms. The normalized spacial score (nSPS) is 13.3. The highest BCUT2D eigenvalue weighted by Gasteiger charge is 2.22. The van der Waals surface area contributed by atoms with E-state index >= 15 is 0 Å². The number of hydrogen-bond donors (Lipinski definition) is 3. The molecule has 0 radical (unpaired) electrons. The molecule has 2 heterocycles. The number of rotatable bonds is 11. The van der Waals surface area contributed by atoms with Crippen LogP contribution in [0.3, 0.4) is 0 Å². The second kappa shape index (κ2) is 14.3. The minimum Gasteiger partial charge on any atom is -0.493 e. The Morgan fingerprint density at radius 2 is 1.60 bits per heavy atom. The summed E-state index contributed by atoms with van der Waals surface area (Å²) >= 11 is 0. The molecule has 1 aliphatic heterocycles. The predicted octanol–water partition coefficient (Wildman–Crippen LogP) is 5.55. The first-order chi connectivity index (χ1) is 22.9. The number of carbonyl (C=O) groups is 2. The fraction of sp³-hybridized carbons (Fsp3) is 0.216. The summed E-state index contributed by atoms with van der Waals surface area (Å²) in [5, 5.41) is 17.3. The van der Waals surface area contributed by atoms with E-state index in [1.54, 1.807) is 68.8 Å². The fourth-order valence-corrected chi connectivity index (χ4v) is 5.65. The number of fused-ring (bicyclic) bond motifs is 2. The van der Waals surface area contributed by atoms with Crippen LogP contribution in [0.1, 0.15) is 31.8 Å². The molecular weight excluding hydrogens is 596 g/mol. The Morgan fingerprint density at radius 3 is 2.38 bits per heavy atom. The van der Waals surface area contributed by atoms with Gasteiger partial charge in [-0.3, -0.25) is 19.5 Å². The molecule has 6 rings (SSSR count). The summed E-state index contributed by atoms with van der Waals surface area (Å²) in [5.41, 5.74) is 4.83. The van der Waals surface area contributed by atoms with Gasteiger partial charge in [0.2, 0.25) is 0 Å². The number of aromatic nitrogens is 1. The third-order valence-corrected chi connectivity index (χ3v) is 8.09. The van der Waals surface area contributed by atoms with E-state index in [-0.39, 0.29) is 18.4 Å². The van der Waals surface area contributed by atoms with E-state index in [1.807, 2.05) is 36.4 Å². The summed E-state index contributed by atoms with van der Waals surface area (Å²) in [6.45, 7) is 2.12. The van der Waals surface area contributed by atoms with E-state index in [0.717, 1.165) is 35.2 Å². The van der Waals surface area contributed by atoms with Crippen molar-refractivity contribution >= 4 is 34.1 Å². The number of methoxy groups -OCH3 is 2. The van der Waals surface area contributed by atoms with E-state index in [0.29, 0.717) is 47.1 Å². The number of nitrogens with zero attached hydrogens (tertiary/aromatic N) is 2. The molecule has 10 heteroatoms. The van der Waals surface area contributed by atoms with Crippen molar-refractivity contribution in [2.45, 2.75) is 19.1 Å². The Balaban J connectivity index is 1.01. The van der Waals surface area contributed by atoms with Gasteiger partial charge in [0.05, 0.1) is 36.6 Å². The summed E-state index contributed by atoms with van der Waals surface area (Å²) in [6.07, 6.45) is 1.69. The third kappa shape index (κ3) is 7.51. The lowest BCUT2D eigenvalue weighted by Gasteiger charge is -2.31. The van der Waals surface area contributed by atoms with Gasteiger partial charge in [0.15, 0.2) is 11.5 Å². The van der Waals surface area contributed by atoms with Crippen molar-refractivity contribution in [2.24, 2.45) is 0 Å². The molecule has 1 unspecified atom stereocenters. The van der Waals surface area contributed by atoms with Crippen LogP contribution in [-0.4, -0.2) is 66.8 Å². The van der Waals surface area contributed by atoms with Gasteiger partial charge >= 0.3 is 0 Å². The van der Waals surface area contributed by atoms with Crippen LogP contribution in [0.25, 0.3) is 10.9 Å². The minimum absolute atomic E-state index is 0.126. The summed E-state index contributed by atoms with van der Waals surface area (Å²) in [5.74, 6) is 1.25. The van der Waals surface area contributed by atoms with Crippen molar-refractivity contribution in [3.05, 3.63) is 119 Å². The molecule has 0 bridgehead atoms. The minimum atomic E-state index is -0.687. The smallest absolute Gasteiger partial charge is 0.257 e. The van der Waals surface area contributed by atoms with Crippen molar-refractivity contribution < 1.29 is 28.9 Å². The van der Waals surface area contributed by atoms with Crippen molar-refractivity contribution in [1.29, 1.82) is 0 Å². The summed E-state index contributed by atoms with van der Waals surface area (Å²) in [7, 11) is 3.26. The molecule has 1 atom stereocenters. The number of benzene rings is 4. The van der Waals surface area contributed by atoms with Gasteiger partial charge in [0, 0.05) is 36.9 Å². The Bertz CT molecular complexity index is 1890. The molecule has 4 aromatic carbocycles. The SMILES string of the molecule is COc1cc2c(cc1OC)CN(CC(O)COc1ccc(NC(=O)c3ccccc3NC(=O)c3cnc4ccccc4c3)cc1)CC2. The highest BCUT2D eigenvalue weighted by atomic mass is 16.5. The predicted molar refractivity (Wildman–Crippen MR) is 181 cm³/mol. The molecule has 240 valence electrons. The number of aliphatic hydroxyl groups excluding tert-OH is 1. The number of hydrogen-bond acceptors (Lipinski definition) is 8. The number of β-amino-alcohol motifs (C(OH)–C–C–N with tert-alkyl or cyclic N) is 1. The third-order valence-electron chi connectivity index (χ3n) is 8.09. The Kier molecular flexibility index (Phi) is 9.61. The van der Waals surface area contributed by atoms with Crippen molar-refractivity contribution in [2.75, 3.05) is 44.5 Å². The molecule has 5 aromatic rings. The first kappa shape index (κ1) is 31.5. The maximum Gasteiger partial charge on any atom is 0.257 e. The van der Waals surface area contributed by atoms with E-state index in [1.165, 1.54) is 11.8 Å². The number of carbonyl (C=O) groups excluding carboxylic acids is 2. The van der Waals surface area contributed by atoms with Gasteiger partial charge in [0.25, 0.3) is 11.8 Å². The fourth-order valence-electron chi connectivity index (χ4n) is 5.65. The molecule has 10 nitrogen and oxygen atoms in total. The zero-order valence-electron chi connectivity index (χ0n) is 26.2. The number of para-hydroxylation sites is 2. The van der Waals surface area contributed by atoms with Crippen LogP contribution in [0, 0.1) is 0 Å². The lowest BCUT2D eigenvalue weighted by Crippen LogP contribution is -2.38. The van der Waals surface area contributed by atoms with Crippen LogP contribution in [0.4, 0.5) is 11.4 Å². The maximum atomic E-state index is 13.2. The van der Waals surface area contributed by atoms with E-state index in [4.69, 9.17) is 14.2 Å². The first-order valence-corrected chi connectivity index (χ1v) is 15.3. The average molecular weight is 633 g/mol. The standard InChI is InChI=1S/C37H36N4O6/c1-45-34-18-24-15-16-41(21-27(24)19-35(34)46-2)22-29(42)23-47-30-13-11-28(12-14-30)39-37(44)31-8-4-6-10-33(31)40-36(43)26-17-25-7-3-5-9-32(25)38-20-26/h3-14,17-20,29,42H,15-16,21-23H2,1-2H3,(H,39,44)(H,40,43). The lowest BCUT2D eigenvalue weighted by molar-refractivity contribution is 0.0637. The number of pyridine rings is 1. The van der Waals surface area contributed by atoms with Gasteiger partial charge < -0.3 is 30.0 Å². The van der Waals surface area contributed by atoms with Crippen LogP contribution < -0.4 is 24.8 Å². The van der Waals surface area contributed by atoms with E-state index in [9.17, 15) is 14.7 Å². The molecule has 1 aliphatic rings. The van der Waals surface area contributed by atoms with Crippen molar-refractivity contribution in [1.82, 2.24) is 9.88 Å². The van der Waals surface area contributed by atoms with E-state index in [2.05, 4.69) is 20.5 Å². The van der Waals surface area contributed by atoms with Gasteiger partial charge in [-0.2, -0.15) is 0 Å². The first-order valence-electron chi connectivity index (χ1n) is 15.3. The van der Waals surface area contributed by atoms with Gasteiger partial charge in [-0.25, -0.2) is 0 Å². The molecule has 2 amide bonds. The van der Waals surface area contributed by atoms with Gasteiger partial charge in [0.1, 0.15) is 18.5 Å². The Labute approximate surface area is 272 Å². The van der Waals surface area contributed by atoms with Crippen LogP contribution >= 0.6 is 0 Å². The average Bonchev–Trinajstić information content (AvgIpc) is 3.10. The molecule has 0 aliphatic carbocycles. The Morgan fingerprint density at radius 1 is 0.872 bits per heavy atom. The summed E-state index contributed by atoms with van der Waals surface area (Å²) in [4.78, 5) is 32.8. The molecule has 0 fully saturated rings. The van der Waals surface area contributed by atoms with Gasteiger partial charge in [-0.05, 0) is 78.2 Å². The van der Waals surface area contributed by atoms with Crippen molar-refractivity contribution in [3.8, 4) is 17.2 Å². The van der Waals surface area contributed by atoms with Crippen LogP contribution in [0.2, 0.25) is 0 Å². The number of anilines is 2. The van der Waals surface area contributed by atoms with Crippen molar-refractivity contribution in [3.63, 3.8) is 0 Å². The van der Waals surface area contributed by atoms with Crippen LogP contribution in [-0.2, 0) is 13.0 Å². The lowest BCUT2D eigenvalue weighted by atomic mass is 9.98. The highest BCUT2D eigenvalue weighted by Crippen LogP contribution is 2.33. The second-order valence-corrected chi connectivity index (χ2v) is 11.3. The Hall–Kier alpha value is -5.45. The highest BCUT2D eigenvalue weighted by molar-refractivity contribution is 6.13. The second-order valence-electron chi connectivity index (χ2n) is 11.3. The molecule has 1 aromatic heterocycles. The maximum absolute atomic E-state index is 13.2. The topological polar surface area (TPSA) is 122 Å². The molecule has 3 N–H and O–H groups in total. The quantitative estimate of drug-likeness (QED) is 0.173. The van der Waals surface area contributed by atoms with Gasteiger partial charge in [-0.1, -0.05) is 30.3 Å². The van der Waals surface area contributed by atoms with Crippen LogP contribution in [0.15, 0.2) is 97.2 Å². The molecule has 0 saturated carbocycles. The number of nitrogens with one attached hydrogen (secondary N) is 2. The zero-order valence-corrected chi connectivity index (χ0v) is 26.2. The largest absolute Gasteiger partial charge is 0.493 e. The zero-order chi connectivity index (χ0) is 32.8. The van der Waals surface area contributed by atoms with E-state index < -0.39 is 6.10 Å². The number of aliphatic hydroxyl groups is 1. The molecule has 0 saturated heterocycles. The number of amides is 2. The summed E-state index contributed by atoms with van der Waals surface area (Å²) in [6, 6.07) is 27.1. The summed E-state index contributed by atoms with van der Waals surface area (Å²) < 4.78 is 16.7. The van der Waals surface area contributed by atoms with Crippen LogP contribution in [0.5, 0.6) is 17.2 Å². The molecule has 47 heavy (non-hydrogen) atoms.